The first-order valence-electron chi connectivity index (χ1n) is 7.36. The van der Waals surface area contributed by atoms with Crippen LogP contribution in [0.25, 0.3) is 0 Å². The van der Waals surface area contributed by atoms with Crippen LogP contribution >= 0.6 is 0 Å². The van der Waals surface area contributed by atoms with Gasteiger partial charge in [-0.15, -0.1) is 0 Å². The van der Waals surface area contributed by atoms with E-state index in [0.717, 1.165) is 11.3 Å². The summed E-state index contributed by atoms with van der Waals surface area (Å²) in [5.41, 5.74) is 6.09. The molecule has 0 radical (unpaired) electrons. The smallest absolute Gasteiger partial charge is 0.413 e. The predicted molar refractivity (Wildman–Crippen MR) is 84.4 cm³/mol. The van der Waals surface area contributed by atoms with Gasteiger partial charge < -0.3 is 15.2 Å². The number of fused-ring (bicyclic) bond motifs is 1. The Labute approximate surface area is 130 Å². The minimum absolute atomic E-state index is 0.0103. The number of hydrogen-bond acceptors (Lipinski definition) is 5. The van der Waals surface area contributed by atoms with Crippen LogP contribution in [0, 0.1) is 5.41 Å². The third kappa shape index (κ3) is 3.76. The predicted octanol–water partition coefficient (Wildman–Crippen LogP) is 2.38. The molecular weight excluding hydrogens is 282 g/mol. The van der Waals surface area contributed by atoms with Crippen LogP contribution in [0.1, 0.15) is 38.7 Å². The Morgan fingerprint density at radius 3 is 2.73 bits per heavy atom. The molecule has 0 saturated carbocycles. The molecule has 2 rings (SSSR count). The van der Waals surface area contributed by atoms with Gasteiger partial charge in [-0.1, -0.05) is 18.2 Å². The van der Waals surface area contributed by atoms with Crippen LogP contribution in [0.15, 0.2) is 24.3 Å². The number of nitrogens with two attached hydrogens (primary N) is 1. The number of hydrogen-bond donors (Lipinski definition) is 3. The number of carbonyl (C=O) groups excluding carboxylic acids is 1. The van der Waals surface area contributed by atoms with Crippen molar-refractivity contribution in [3.63, 3.8) is 0 Å². The highest BCUT2D eigenvalue weighted by molar-refractivity contribution is 5.97. The Bertz CT molecular complexity index is 566. The van der Waals surface area contributed by atoms with Crippen LogP contribution in [0.3, 0.4) is 0 Å². The van der Waals surface area contributed by atoms with Crippen molar-refractivity contribution in [2.45, 2.75) is 44.8 Å². The summed E-state index contributed by atoms with van der Waals surface area (Å²) in [5, 5.41) is 10.6. The van der Waals surface area contributed by atoms with Crippen LogP contribution in [0.4, 0.5) is 4.79 Å². The number of amidine groups is 1. The lowest BCUT2D eigenvalue weighted by Gasteiger charge is -2.23. The standard InChI is InChI=1S/C16H23N3O3/c1-16(2,3)22-15(20)19-14(18)13-11(8-9-17)10-6-4-5-7-12(10)21-13/h4-7,11,13H,8-9,17H2,1-3H3,(H2,18,19,20). The molecule has 4 N–H and O–H groups in total. The van der Waals surface area contributed by atoms with Crippen LogP contribution < -0.4 is 15.8 Å². The van der Waals surface area contributed by atoms with Gasteiger partial charge in [-0.3, -0.25) is 10.7 Å². The van der Waals surface area contributed by atoms with Gasteiger partial charge in [0, 0.05) is 11.5 Å². The quantitative estimate of drug-likeness (QED) is 0.590. The van der Waals surface area contributed by atoms with Crippen LogP contribution in [0.2, 0.25) is 0 Å². The van der Waals surface area contributed by atoms with E-state index in [-0.39, 0.29) is 11.8 Å². The first-order chi connectivity index (χ1) is 10.3. The molecule has 120 valence electrons. The third-order valence-electron chi connectivity index (χ3n) is 3.34. The Kier molecular flexibility index (Phi) is 4.71. The maximum atomic E-state index is 11.8. The van der Waals surface area contributed by atoms with Gasteiger partial charge in [0.25, 0.3) is 0 Å². The molecule has 1 amide bonds. The fourth-order valence-electron chi connectivity index (χ4n) is 2.51. The summed E-state index contributed by atoms with van der Waals surface area (Å²) in [5.74, 6) is 0.689. The number of para-hydroxylation sites is 1. The van der Waals surface area contributed by atoms with Gasteiger partial charge in [0.05, 0.1) is 0 Å². The first kappa shape index (κ1) is 16.3. The molecule has 1 aliphatic heterocycles. The number of carbonyl (C=O) groups is 1. The minimum atomic E-state index is -0.649. The summed E-state index contributed by atoms with van der Waals surface area (Å²) in [6.07, 6.45) is -0.517. The van der Waals surface area contributed by atoms with Crippen molar-refractivity contribution in [1.29, 1.82) is 5.41 Å². The van der Waals surface area contributed by atoms with E-state index in [2.05, 4.69) is 5.32 Å². The molecule has 1 aliphatic rings. The van der Waals surface area contributed by atoms with Crippen molar-refractivity contribution in [2.75, 3.05) is 6.54 Å². The molecule has 0 bridgehead atoms. The van der Waals surface area contributed by atoms with E-state index >= 15 is 0 Å². The van der Waals surface area contributed by atoms with E-state index in [9.17, 15) is 4.79 Å². The van der Waals surface area contributed by atoms with Gasteiger partial charge in [-0.05, 0) is 39.8 Å². The topological polar surface area (TPSA) is 97.4 Å². The van der Waals surface area contributed by atoms with Gasteiger partial charge in [0.2, 0.25) is 0 Å². The largest absolute Gasteiger partial charge is 0.482 e. The van der Waals surface area contributed by atoms with E-state index in [1.165, 1.54) is 0 Å². The highest BCUT2D eigenvalue weighted by atomic mass is 16.6. The fraction of sp³-hybridized carbons (Fsp3) is 0.500. The van der Waals surface area contributed by atoms with Crippen molar-refractivity contribution < 1.29 is 14.3 Å². The molecule has 2 atom stereocenters. The van der Waals surface area contributed by atoms with E-state index in [4.69, 9.17) is 20.6 Å². The highest BCUT2D eigenvalue weighted by Crippen LogP contribution is 2.39. The summed E-state index contributed by atoms with van der Waals surface area (Å²) in [6, 6.07) is 7.64. The van der Waals surface area contributed by atoms with E-state index in [1.807, 2.05) is 24.3 Å². The molecule has 0 aromatic heterocycles. The Balaban J connectivity index is 2.08. The van der Waals surface area contributed by atoms with Gasteiger partial charge in [-0.2, -0.15) is 0 Å². The molecule has 1 aromatic carbocycles. The van der Waals surface area contributed by atoms with Crippen LogP contribution in [0.5, 0.6) is 5.75 Å². The zero-order valence-electron chi connectivity index (χ0n) is 13.2. The summed E-state index contributed by atoms with van der Waals surface area (Å²) in [6.45, 7) is 5.80. The third-order valence-corrected chi connectivity index (χ3v) is 3.34. The zero-order valence-corrected chi connectivity index (χ0v) is 13.2. The maximum absolute atomic E-state index is 11.8. The fourth-order valence-corrected chi connectivity index (χ4v) is 2.51. The Morgan fingerprint density at radius 1 is 1.41 bits per heavy atom. The van der Waals surface area contributed by atoms with Crippen LogP contribution in [-0.4, -0.2) is 30.2 Å². The highest BCUT2D eigenvalue weighted by Gasteiger charge is 2.37. The number of benzene rings is 1. The average molecular weight is 305 g/mol. The second-order valence-corrected chi connectivity index (χ2v) is 6.30. The molecule has 6 heteroatoms. The lowest BCUT2D eigenvalue weighted by atomic mass is 9.91. The lowest BCUT2D eigenvalue weighted by molar-refractivity contribution is 0.0556. The average Bonchev–Trinajstić information content (AvgIpc) is 2.76. The molecule has 2 unspecified atom stereocenters. The molecule has 0 saturated heterocycles. The Morgan fingerprint density at radius 2 is 2.09 bits per heavy atom. The second kappa shape index (κ2) is 6.36. The molecule has 0 fully saturated rings. The summed E-state index contributed by atoms with van der Waals surface area (Å²) in [7, 11) is 0. The van der Waals surface area contributed by atoms with E-state index in [0.29, 0.717) is 13.0 Å². The van der Waals surface area contributed by atoms with Crippen molar-refractivity contribution in [3.8, 4) is 5.75 Å². The normalized spacial score (nSPS) is 20.0. The number of amides is 1. The maximum Gasteiger partial charge on any atom is 0.413 e. The molecule has 0 spiro atoms. The van der Waals surface area contributed by atoms with Gasteiger partial charge in [0.1, 0.15) is 17.2 Å². The molecule has 22 heavy (non-hydrogen) atoms. The zero-order chi connectivity index (χ0) is 16.3. The first-order valence-corrected chi connectivity index (χ1v) is 7.36. The molecule has 0 aliphatic carbocycles. The summed E-state index contributed by atoms with van der Waals surface area (Å²) in [4.78, 5) is 11.8. The van der Waals surface area contributed by atoms with Crippen LogP contribution in [-0.2, 0) is 4.74 Å². The van der Waals surface area contributed by atoms with Gasteiger partial charge >= 0.3 is 6.09 Å². The second-order valence-electron chi connectivity index (χ2n) is 6.30. The van der Waals surface area contributed by atoms with Crippen molar-refractivity contribution >= 4 is 11.9 Å². The molecule has 1 aromatic rings. The monoisotopic (exact) mass is 305 g/mol. The van der Waals surface area contributed by atoms with Gasteiger partial charge in [0.15, 0.2) is 6.10 Å². The van der Waals surface area contributed by atoms with E-state index in [1.54, 1.807) is 20.8 Å². The number of nitrogens with one attached hydrogen (secondary N) is 2. The lowest BCUT2D eigenvalue weighted by Crippen LogP contribution is -2.44. The summed E-state index contributed by atoms with van der Waals surface area (Å²) < 4.78 is 11.0. The van der Waals surface area contributed by atoms with Crippen molar-refractivity contribution in [2.24, 2.45) is 5.73 Å². The number of rotatable bonds is 3. The molecular formula is C16H23N3O3. The Hall–Kier alpha value is -2.08. The number of alkyl carbamates (subject to hydrolysis) is 1. The molecule has 1 heterocycles. The van der Waals surface area contributed by atoms with E-state index < -0.39 is 17.8 Å². The SMILES string of the molecule is CC(C)(C)OC(=O)NC(=N)C1Oc2ccccc2C1CCN. The van der Waals surface area contributed by atoms with Crippen molar-refractivity contribution in [1.82, 2.24) is 5.32 Å². The molecule has 6 nitrogen and oxygen atoms in total. The summed E-state index contributed by atoms with van der Waals surface area (Å²) >= 11 is 0. The van der Waals surface area contributed by atoms with Crippen molar-refractivity contribution in [3.05, 3.63) is 29.8 Å². The number of ether oxygens (including phenoxy) is 2. The minimum Gasteiger partial charge on any atom is -0.482 e. The van der Waals surface area contributed by atoms with Gasteiger partial charge in [-0.25, -0.2) is 4.79 Å².